The average molecular weight is 478 g/mol. The standard InChI is InChI=1S/C25H25F2N7O/c26-18-7-5-16-3-4-17-6-8-19(27)13-22(17)25(21(16)12-18,24-30-32-33-31-24)9-10-29-15-23(35)34-11-1-2-20(34)14-28/h5-8,12-13,20,29H,1-4,9-11,15H2,(H,30,31,32,33)/t20-/m0/s1. The third-order valence-electron chi connectivity index (χ3n) is 7.13. The number of amides is 1. The Balaban J connectivity index is 1.51. The Labute approximate surface area is 201 Å². The van der Waals surface area contributed by atoms with E-state index in [1.807, 2.05) is 0 Å². The van der Waals surface area contributed by atoms with Crippen molar-refractivity contribution < 1.29 is 13.6 Å². The molecule has 2 N–H and O–H groups in total. The normalized spacial score (nSPS) is 18.4. The lowest BCUT2D eigenvalue weighted by molar-refractivity contribution is -0.130. The van der Waals surface area contributed by atoms with Gasteiger partial charge < -0.3 is 10.2 Å². The Morgan fingerprint density at radius 3 is 2.46 bits per heavy atom. The molecule has 1 saturated heterocycles. The molecule has 8 nitrogen and oxygen atoms in total. The summed E-state index contributed by atoms with van der Waals surface area (Å²) >= 11 is 0. The SMILES string of the molecule is N#C[C@@H]1CCCN1C(=O)CNCCC1(c2nn[nH]n2)c2cc(F)ccc2CCc2ccc(F)cc21. The van der Waals surface area contributed by atoms with E-state index in [2.05, 4.69) is 32.0 Å². The fourth-order valence-electron chi connectivity index (χ4n) is 5.48. The maximum absolute atomic E-state index is 14.6. The van der Waals surface area contributed by atoms with E-state index in [0.717, 1.165) is 17.5 Å². The van der Waals surface area contributed by atoms with Gasteiger partial charge in [0.05, 0.1) is 18.0 Å². The Morgan fingerprint density at radius 2 is 1.86 bits per heavy atom. The predicted octanol–water partition coefficient (Wildman–Crippen LogP) is 2.41. The van der Waals surface area contributed by atoms with Crippen LogP contribution in [0.1, 0.15) is 47.3 Å². The summed E-state index contributed by atoms with van der Waals surface area (Å²) in [6.07, 6.45) is 3.16. The Morgan fingerprint density at radius 1 is 1.17 bits per heavy atom. The zero-order chi connectivity index (χ0) is 24.4. The number of rotatable bonds is 6. The highest BCUT2D eigenvalue weighted by Crippen LogP contribution is 2.46. The summed E-state index contributed by atoms with van der Waals surface area (Å²) < 4.78 is 29.1. The molecule has 0 unspecified atom stereocenters. The first-order valence-electron chi connectivity index (χ1n) is 11.7. The highest BCUT2D eigenvalue weighted by molar-refractivity contribution is 5.79. The Hall–Kier alpha value is -3.71. The molecule has 2 aromatic carbocycles. The van der Waals surface area contributed by atoms with Crippen LogP contribution < -0.4 is 5.32 Å². The maximum atomic E-state index is 14.6. The van der Waals surface area contributed by atoms with Crippen LogP contribution in [0.15, 0.2) is 36.4 Å². The number of nitrogens with one attached hydrogen (secondary N) is 2. The van der Waals surface area contributed by atoms with Crippen LogP contribution in [-0.2, 0) is 23.1 Å². The van der Waals surface area contributed by atoms with E-state index in [4.69, 9.17) is 0 Å². The number of likely N-dealkylation sites (tertiary alicyclic amines) is 1. The molecule has 5 rings (SSSR count). The lowest BCUT2D eigenvalue weighted by Gasteiger charge is -2.34. The van der Waals surface area contributed by atoms with Crippen LogP contribution >= 0.6 is 0 Å². The molecule has 1 atom stereocenters. The van der Waals surface area contributed by atoms with Crippen molar-refractivity contribution >= 4 is 5.91 Å². The van der Waals surface area contributed by atoms with Crippen LogP contribution in [0.25, 0.3) is 0 Å². The highest BCUT2D eigenvalue weighted by Gasteiger charge is 2.44. The molecule has 2 heterocycles. The summed E-state index contributed by atoms with van der Waals surface area (Å²) in [4.78, 5) is 14.3. The average Bonchev–Trinajstić information content (AvgIpc) is 3.55. The summed E-state index contributed by atoms with van der Waals surface area (Å²) in [7, 11) is 0. The topological polar surface area (TPSA) is 111 Å². The fourth-order valence-corrected chi connectivity index (χ4v) is 5.48. The Bertz CT molecular complexity index is 1220. The largest absolute Gasteiger partial charge is 0.326 e. The monoisotopic (exact) mass is 477 g/mol. The molecule has 1 amide bonds. The molecule has 35 heavy (non-hydrogen) atoms. The molecule has 180 valence electrons. The van der Waals surface area contributed by atoms with Crippen molar-refractivity contribution in [2.45, 2.75) is 43.6 Å². The number of H-pyrrole nitrogens is 1. The van der Waals surface area contributed by atoms with Crippen LogP contribution in [0.5, 0.6) is 0 Å². The van der Waals surface area contributed by atoms with Crippen molar-refractivity contribution in [3.05, 3.63) is 76.1 Å². The van der Waals surface area contributed by atoms with E-state index in [1.54, 1.807) is 17.0 Å². The first-order chi connectivity index (χ1) is 17.0. The third kappa shape index (κ3) is 4.17. The van der Waals surface area contributed by atoms with Crippen molar-refractivity contribution in [3.8, 4) is 6.07 Å². The van der Waals surface area contributed by atoms with Gasteiger partial charge in [0, 0.05) is 6.54 Å². The zero-order valence-corrected chi connectivity index (χ0v) is 19.1. The number of benzene rings is 2. The highest BCUT2D eigenvalue weighted by atomic mass is 19.1. The van der Waals surface area contributed by atoms with Gasteiger partial charge in [0.25, 0.3) is 0 Å². The molecule has 10 heteroatoms. The molecule has 0 spiro atoms. The van der Waals surface area contributed by atoms with Gasteiger partial charge >= 0.3 is 0 Å². The third-order valence-corrected chi connectivity index (χ3v) is 7.13. The second kappa shape index (κ2) is 9.50. The molecular formula is C25H25F2N7O. The number of carbonyl (C=O) groups is 1. The predicted molar refractivity (Wildman–Crippen MR) is 122 cm³/mol. The van der Waals surface area contributed by atoms with E-state index in [0.29, 0.717) is 55.7 Å². The van der Waals surface area contributed by atoms with Gasteiger partial charge in [0.15, 0.2) is 5.82 Å². The van der Waals surface area contributed by atoms with Crippen molar-refractivity contribution in [2.24, 2.45) is 0 Å². The minimum absolute atomic E-state index is 0.0620. The summed E-state index contributed by atoms with van der Waals surface area (Å²) in [6, 6.07) is 11.1. The van der Waals surface area contributed by atoms with Crippen molar-refractivity contribution in [3.63, 3.8) is 0 Å². The van der Waals surface area contributed by atoms with Crippen LogP contribution in [0.2, 0.25) is 0 Å². The molecule has 0 radical (unpaired) electrons. The minimum Gasteiger partial charge on any atom is -0.326 e. The van der Waals surface area contributed by atoms with Crippen LogP contribution in [0.4, 0.5) is 8.78 Å². The number of aryl methyl sites for hydroxylation is 2. The van der Waals surface area contributed by atoms with Gasteiger partial charge in [0.2, 0.25) is 5.91 Å². The summed E-state index contributed by atoms with van der Waals surface area (Å²) in [5, 5.41) is 27.3. The maximum Gasteiger partial charge on any atom is 0.237 e. The van der Waals surface area contributed by atoms with E-state index in [-0.39, 0.29) is 18.5 Å². The van der Waals surface area contributed by atoms with Crippen LogP contribution in [0.3, 0.4) is 0 Å². The summed E-state index contributed by atoms with van der Waals surface area (Å²) in [5.41, 5.74) is 2.12. The number of hydrogen-bond acceptors (Lipinski definition) is 6. The Kier molecular flexibility index (Phi) is 6.26. The van der Waals surface area contributed by atoms with Crippen molar-refractivity contribution in [1.29, 1.82) is 5.26 Å². The number of halogens is 2. The molecule has 3 aromatic rings. The summed E-state index contributed by atoms with van der Waals surface area (Å²) in [5.74, 6) is -0.635. The zero-order valence-electron chi connectivity index (χ0n) is 19.1. The van der Waals surface area contributed by atoms with Gasteiger partial charge in [-0.1, -0.05) is 17.3 Å². The fraction of sp³-hybridized carbons (Fsp3) is 0.400. The molecule has 0 bridgehead atoms. The van der Waals surface area contributed by atoms with Gasteiger partial charge in [-0.2, -0.15) is 10.5 Å². The second-order valence-corrected chi connectivity index (χ2v) is 9.04. The molecule has 1 fully saturated rings. The lowest BCUT2D eigenvalue weighted by Crippen LogP contribution is -2.42. The van der Waals surface area contributed by atoms with E-state index in [1.165, 1.54) is 24.3 Å². The number of nitrogens with zero attached hydrogens (tertiary/aromatic N) is 5. The van der Waals surface area contributed by atoms with Gasteiger partial charge in [-0.25, -0.2) is 8.78 Å². The number of aromatic nitrogens is 4. The molecule has 1 aromatic heterocycles. The minimum atomic E-state index is -1.07. The van der Waals surface area contributed by atoms with Gasteiger partial charge in [0.1, 0.15) is 17.7 Å². The van der Waals surface area contributed by atoms with Gasteiger partial charge in [-0.3, -0.25) is 4.79 Å². The molecule has 1 aliphatic heterocycles. The molecule has 1 aliphatic carbocycles. The van der Waals surface area contributed by atoms with Crippen molar-refractivity contribution in [2.75, 3.05) is 19.6 Å². The second-order valence-electron chi connectivity index (χ2n) is 9.04. The quantitative estimate of drug-likeness (QED) is 0.528. The molecule has 2 aliphatic rings. The first-order valence-corrected chi connectivity index (χ1v) is 11.7. The number of carbonyl (C=O) groups excluding carboxylic acids is 1. The lowest BCUT2D eigenvalue weighted by atomic mass is 9.69. The van der Waals surface area contributed by atoms with E-state index < -0.39 is 17.0 Å². The number of aromatic amines is 1. The smallest absolute Gasteiger partial charge is 0.237 e. The van der Waals surface area contributed by atoms with Gasteiger partial charge in [-0.15, -0.1) is 10.2 Å². The first kappa shape index (κ1) is 23.1. The van der Waals surface area contributed by atoms with Crippen molar-refractivity contribution in [1.82, 2.24) is 30.8 Å². The van der Waals surface area contributed by atoms with Crippen LogP contribution in [0, 0.1) is 23.0 Å². The van der Waals surface area contributed by atoms with Crippen LogP contribution in [-0.4, -0.2) is 57.1 Å². The molecule has 0 saturated carbocycles. The number of tetrazole rings is 1. The number of hydrogen-bond donors (Lipinski definition) is 2. The number of nitriles is 1. The molecular weight excluding hydrogens is 452 g/mol. The van der Waals surface area contributed by atoms with Gasteiger partial charge in [-0.05, 0) is 85.2 Å². The number of fused-ring (bicyclic) bond motifs is 2. The van der Waals surface area contributed by atoms with E-state index in [9.17, 15) is 18.8 Å². The van der Waals surface area contributed by atoms with E-state index >= 15 is 0 Å². The summed E-state index contributed by atoms with van der Waals surface area (Å²) in [6.45, 7) is 0.981.